The number of aromatic nitrogens is 2. The number of rotatable bonds is 9. The minimum Gasteiger partial charge on any atom is -0.492 e. The van der Waals surface area contributed by atoms with E-state index in [9.17, 15) is 13.7 Å². The van der Waals surface area contributed by atoms with Crippen LogP contribution in [-0.2, 0) is 14.8 Å². The smallest absolute Gasteiger partial charge is 0.269 e. The van der Waals surface area contributed by atoms with E-state index in [-0.39, 0.29) is 4.90 Å². The van der Waals surface area contributed by atoms with E-state index in [1.807, 2.05) is 25.1 Å². The number of pyridine rings is 1. The van der Waals surface area contributed by atoms with Crippen LogP contribution in [0.25, 0.3) is 28.2 Å². The van der Waals surface area contributed by atoms with Crippen LogP contribution < -0.4 is 4.74 Å². The van der Waals surface area contributed by atoms with Crippen LogP contribution in [0.2, 0.25) is 0 Å². The van der Waals surface area contributed by atoms with Crippen molar-refractivity contribution in [2.75, 3.05) is 39.5 Å². The number of aryl methyl sites for hydroxylation is 1. The lowest BCUT2D eigenvalue weighted by Crippen LogP contribution is -2.36. The number of ether oxygens (including phenoxy) is 2. The fourth-order valence-corrected chi connectivity index (χ4v) is 6.27. The van der Waals surface area contributed by atoms with E-state index in [1.54, 1.807) is 48.8 Å². The summed E-state index contributed by atoms with van der Waals surface area (Å²) in [6.07, 6.45) is 9.71. The third-order valence-corrected chi connectivity index (χ3v) is 9.24. The summed E-state index contributed by atoms with van der Waals surface area (Å²) in [6, 6.07) is 16.4. The molecule has 2 aromatic heterocycles. The van der Waals surface area contributed by atoms with Gasteiger partial charge in [0.1, 0.15) is 11.8 Å². The standard InChI is InChI=1S/C32H32N4O4S/c1-23-4-9-28(10-5-23)41(37,38)36-21-30(26-8-11-31(27(18-26)19-33)40-22-24-6-7-24)29-17-25(20-34-32(29)36)3-2-12-35-13-15-39-16-14-35/h2-5,8-11,17-18,20-21,24H,6-7,12-16,22H2,1H3. The second-order valence-corrected chi connectivity index (χ2v) is 12.5. The summed E-state index contributed by atoms with van der Waals surface area (Å²) in [5.41, 5.74) is 3.98. The summed E-state index contributed by atoms with van der Waals surface area (Å²) in [5.74, 6) is 1.11. The molecule has 210 valence electrons. The Balaban J connectivity index is 1.41. The van der Waals surface area contributed by atoms with Crippen molar-refractivity contribution >= 4 is 27.1 Å². The Morgan fingerprint density at radius 1 is 1.12 bits per heavy atom. The Hall–Kier alpha value is -3.97. The summed E-state index contributed by atoms with van der Waals surface area (Å²) in [6.45, 7) is 6.59. The van der Waals surface area contributed by atoms with Gasteiger partial charge in [-0.05, 0) is 67.1 Å². The highest BCUT2D eigenvalue weighted by atomic mass is 32.2. The molecule has 0 unspecified atom stereocenters. The molecule has 0 bridgehead atoms. The first-order valence-electron chi connectivity index (χ1n) is 13.9. The van der Waals surface area contributed by atoms with E-state index in [0.29, 0.717) is 40.4 Å². The van der Waals surface area contributed by atoms with Gasteiger partial charge in [-0.1, -0.05) is 35.9 Å². The molecule has 0 spiro atoms. The maximum Gasteiger partial charge on any atom is 0.269 e. The number of nitrogens with zero attached hydrogens (tertiary/aromatic N) is 4. The highest BCUT2D eigenvalue weighted by Crippen LogP contribution is 2.36. The molecule has 3 heterocycles. The van der Waals surface area contributed by atoms with Gasteiger partial charge in [-0.25, -0.2) is 17.4 Å². The van der Waals surface area contributed by atoms with Crippen molar-refractivity contribution in [3.63, 3.8) is 0 Å². The fourth-order valence-electron chi connectivity index (χ4n) is 4.95. The molecule has 1 aliphatic carbocycles. The molecule has 0 N–H and O–H groups in total. The number of fused-ring (bicyclic) bond motifs is 1. The van der Waals surface area contributed by atoms with Crippen LogP contribution in [0, 0.1) is 24.2 Å². The second-order valence-electron chi connectivity index (χ2n) is 10.7. The van der Waals surface area contributed by atoms with Crippen molar-refractivity contribution in [1.82, 2.24) is 13.9 Å². The van der Waals surface area contributed by atoms with Gasteiger partial charge in [0.05, 0.1) is 30.3 Å². The van der Waals surface area contributed by atoms with E-state index in [4.69, 9.17) is 9.47 Å². The third-order valence-electron chi connectivity index (χ3n) is 7.57. The molecule has 2 aromatic carbocycles. The van der Waals surface area contributed by atoms with Crippen LogP contribution in [0.3, 0.4) is 0 Å². The van der Waals surface area contributed by atoms with Gasteiger partial charge in [0.2, 0.25) is 0 Å². The Morgan fingerprint density at radius 2 is 1.90 bits per heavy atom. The van der Waals surface area contributed by atoms with Crippen molar-refractivity contribution in [3.05, 3.63) is 83.7 Å². The largest absolute Gasteiger partial charge is 0.492 e. The van der Waals surface area contributed by atoms with Gasteiger partial charge >= 0.3 is 0 Å². The molecule has 9 heteroatoms. The maximum atomic E-state index is 13.8. The normalized spacial score (nSPS) is 16.3. The first kappa shape index (κ1) is 27.2. The summed E-state index contributed by atoms with van der Waals surface area (Å²) < 4.78 is 40.2. The molecule has 2 aliphatic rings. The molecule has 6 rings (SSSR count). The molecule has 1 saturated carbocycles. The van der Waals surface area contributed by atoms with Crippen LogP contribution >= 0.6 is 0 Å². The monoisotopic (exact) mass is 568 g/mol. The number of morpholine rings is 1. The van der Waals surface area contributed by atoms with Crippen molar-refractivity contribution in [1.29, 1.82) is 5.26 Å². The number of hydrogen-bond donors (Lipinski definition) is 0. The predicted octanol–water partition coefficient (Wildman–Crippen LogP) is 5.25. The van der Waals surface area contributed by atoms with E-state index < -0.39 is 10.0 Å². The molecule has 2 fully saturated rings. The van der Waals surface area contributed by atoms with Gasteiger partial charge in [0, 0.05) is 43.0 Å². The van der Waals surface area contributed by atoms with Crippen molar-refractivity contribution in [3.8, 4) is 22.9 Å². The number of nitriles is 1. The lowest BCUT2D eigenvalue weighted by atomic mass is 10.0. The highest BCUT2D eigenvalue weighted by Gasteiger charge is 2.25. The molecular weight excluding hydrogens is 536 g/mol. The number of hydrogen-bond acceptors (Lipinski definition) is 7. The minimum atomic E-state index is -3.92. The summed E-state index contributed by atoms with van der Waals surface area (Å²) >= 11 is 0. The minimum absolute atomic E-state index is 0.185. The Bertz CT molecular complexity index is 1740. The van der Waals surface area contributed by atoms with Gasteiger partial charge in [0.25, 0.3) is 10.0 Å². The molecule has 8 nitrogen and oxygen atoms in total. The second kappa shape index (κ2) is 11.5. The van der Waals surface area contributed by atoms with E-state index >= 15 is 0 Å². The van der Waals surface area contributed by atoms with Crippen molar-refractivity contribution in [2.24, 2.45) is 5.92 Å². The molecule has 0 amide bonds. The lowest BCUT2D eigenvalue weighted by molar-refractivity contribution is 0.0435. The maximum absolute atomic E-state index is 13.8. The molecule has 41 heavy (non-hydrogen) atoms. The summed E-state index contributed by atoms with van der Waals surface area (Å²) in [5, 5.41) is 10.6. The van der Waals surface area contributed by atoms with Crippen LogP contribution in [0.15, 0.2) is 71.9 Å². The third kappa shape index (κ3) is 5.91. The molecule has 1 saturated heterocycles. The summed E-state index contributed by atoms with van der Waals surface area (Å²) in [4.78, 5) is 7.13. The average Bonchev–Trinajstić information content (AvgIpc) is 3.75. The first-order chi connectivity index (χ1) is 19.9. The Kier molecular flexibility index (Phi) is 7.63. The lowest BCUT2D eigenvalue weighted by Gasteiger charge is -2.25. The van der Waals surface area contributed by atoms with Crippen LogP contribution in [-0.4, -0.2) is 61.7 Å². The van der Waals surface area contributed by atoms with Crippen molar-refractivity contribution in [2.45, 2.75) is 24.7 Å². The molecule has 1 aliphatic heterocycles. The zero-order chi connectivity index (χ0) is 28.4. The zero-order valence-electron chi connectivity index (χ0n) is 23.0. The van der Waals surface area contributed by atoms with E-state index in [2.05, 4.69) is 22.0 Å². The van der Waals surface area contributed by atoms with Gasteiger partial charge in [0.15, 0.2) is 5.65 Å². The average molecular weight is 569 g/mol. The van der Waals surface area contributed by atoms with Crippen LogP contribution in [0.5, 0.6) is 5.75 Å². The topological polar surface area (TPSA) is 97.5 Å². The number of benzene rings is 2. The van der Waals surface area contributed by atoms with Crippen molar-refractivity contribution < 1.29 is 17.9 Å². The van der Waals surface area contributed by atoms with Crippen LogP contribution in [0.4, 0.5) is 0 Å². The molecule has 0 radical (unpaired) electrons. The Morgan fingerprint density at radius 3 is 2.63 bits per heavy atom. The quantitative estimate of drug-likeness (QED) is 0.272. The molecular formula is C32H32N4O4S. The molecule has 0 atom stereocenters. The van der Waals surface area contributed by atoms with Crippen LogP contribution in [0.1, 0.15) is 29.5 Å². The fraction of sp³-hybridized carbons (Fsp3) is 0.312. The van der Waals surface area contributed by atoms with E-state index in [0.717, 1.165) is 62.4 Å². The Labute approximate surface area is 240 Å². The zero-order valence-corrected chi connectivity index (χ0v) is 23.8. The predicted molar refractivity (Wildman–Crippen MR) is 158 cm³/mol. The van der Waals surface area contributed by atoms with Gasteiger partial charge in [-0.2, -0.15) is 5.26 Å². The van der Waals surface area contributed by atoms with Gasteiger partial charge < -0.3 is 9.47 Å². The summed E-state index contributed by atoms with van der Waals surface area (Å²) in [7, 11) is -3.92. The SMILES string of the molecule is Cc1ccc(S(=O)(=O)n2cc(-c3ccc(OCC4CC4)c(C#N)c3)c3cc(C=CCN4CCOCC4)cnc32)cc1. The highest BCUT2D eigenvalue weighted by molar-refractivity contribution is 7.90. The molecule has 4 aromatic rings. The van der Waals surface area contributed by atoms with E-state index in [1.165, 1.54) is 3.97 Å². The van der Waals surface area contributed by atoms with Gasteiger partial charge in [-0.15, -0.1) is 0 Å². The van der Waals surface area contributed by atoms with Gasteiger partial charge in [-0.3, -0.25) is 4.90 Å². The first-order valence-corrected chi connectivity index (χ1v) is 15.3.